The van der Waals surface area contributed by atoms with E-state index in [4.69, 9.17) is 9.47 Å². The Kier molecular flexibility index (Phi) is 7.11. The van der Waals surface area contributed by atoms with Gasteiger partial charge in [0, 0.05) is 6.54 Å². The zero-order valence-corrected chi connectivity index (χ0v) is 14.2. The fourth-order valence-corrected chi connectivity index (χ4v) is 2.32. The van der Waals surface area contributed by atoms with Crippen molar-refractivity contribution in [3.63, 3.8) is 0 Å². The van der Waals surface area contributed by atoms with E-state index in [2.05, 4.69) is 5.32 Å². The van der Waals surface area contributed by atoms with Crippen LogP contribution >= 0.6 is 0 Å². The van der Waals surface area contributed by atoms with Crippen molar-refractivity contribution in [1.29, 1.82) is 0 Å². The van der Waals surface area contributed by atoms with Gasteiger partial charge in [0.1, 0.15) is 18.1 Å². The molecule has 1 amide bonds. The monoisotopic (exact) mass is 328 g/mol. The Morgan fingerprint density at radius 1 is 1.08 bits per heavy atom. The second-order valence-electron chi connectivity index (χ2n) is 5.54. The van der Waals surface area contributed by atoms with Crippen molar-refractivity contribution in [2.45, 2.75) is 6.54 Å². The molecule has 1 N–H and O–H groups in total. The maximum atomic E-state index is 11.9. The van der Waals surface area contributed by atoms with Crippen LogP contribution < -0.4 is 14.8 Å². The van der Waals surface area contributed by atoms with Gasteiger partial charge in [0.05, 0.1) is 20.2 Å². The molecule has 0 saturated carbocycles. The lowest BCUT2D eigenvalue weighted by Crippen LogP contribution is -2.36. The molecule has 128 valence electrons. The van der Waals surface area contributed by atoms with Gasteiger partial charge in [-0.25, -0.2) is 0 Å². The smallest absolute Gasteiger partial charge is 0.234 e. The number of hydrogen-bond donors (Lipinski definition) is 1. The van der Waals surface area contributed by atoms with Gasteiger partial charge in [0.2, 0.25) is 5.91 Å². The molecule has 0 heterocycles. The first kappa shape index (κ1) is 17.8. The highest BCUT2D eigenvalue weighted by Crippen LogP contribution is 2.13. The van der Waals surface area contributed by atoms with Crippen molar-refractivity contribution in [3.05, 3.63) is 60.2 Å². The SMILES string of the molecule is COc1cccc(CN(C)CC(=O)NCCOc2ccccc2)c1. The van der Waals surface area contributed by atoms with Gasteiger partial charge in [0.25, 0.3) is 0 Å². The van der Waals surface area contributed by atoms with Gasteiger partial charge >= 0.3 is 0 Å². The first-order valence-electron chi connectivity index (χ1n) is 7.93. The quantitative estimate of drug-likeness (QED) is 0.718. The summed E-state index contributed by atoms with van der Waals surface area (Å²) in [4.78, 5) is 13.9. The molecule has 0 atom stereocenters. The van der Waals surface area contributed by atoms with Crippen molar-refractivity contribution in [1.82, 2.24) is 10.2 Å². The zero-order chi connectivity index (χ0) is 17.2. The maximum Gasteiger partial charge on any atom is 0.234 e. The molecular weight excluding hydrogens is 304 g/mol. The number of carbonyl (C=O) groups excluding carboxylic acids is 1. The number of rotatable bonds is 9. The summed E-state index contributed by atoms with van der Waals surface area (Å²) in [5.74, 6) is 1.61. The molecule has 2 rings (SSSR count). The van der Waals surface area contributed by atoms with Crippen LogP contribution in [0.3, 0.4) is 0 Å². The topological polar surface area (TPSA) is 50.8 Å². The standard InChI is InChI=1S/C19H24N2O3/c1-21(14-16-7-6-10-18(13-16)23-2)15-19(22)20-11-12-24-17-8-4-3-5-9-17/h3-10,13H,11-12,14-15H2,1-2H3,(H,20,22). The summed E-state index contributed by atoms with van der Waals surface area (Å²) < 4.78 is 10.7. The lowest BCUT2D eigenvalue weighted by molar-refractivity contribution is -0.122. The Hall–Kier alpha value is -2.53. The van der Waals surface area contributed by atoms with Gasteiger partial charge < -0.3 is 14.8 Å². The Morgan fingerprint density at radius 3 is 2.58 bits per heavy atom. The minimum absolute atomic E-state index is 0.0166. The van der Waals surface area contributed by atoms with Crippen LogP contribution in [-0.4, -0.2) is 44.7 Å². The number of methoxy groups -OCH3 is 1. The molecule has 0 unspecified atom stereocenters. The molecular formula is C19H24N2O3. The van der Waals surface area contributed by atoms with Gasteiger partial charge in [-0.05, 0) is 36.9 Å². The zero-order valence-electron chi connectivity index (χ0n) is 14.2. The first-order chi connectivity index (χ1) is 11.7. The third kappa shape index (κ3) is 6.30. The summed E-state index contributed by atoms with van der Waals surface area (Å²) >= 11 is 0. The minimum atomic E-state index is -0.0166. The Labute approximate surface area is 143 Å². The van der Waals surface area contributed by atoms with Crippen LogP contribution in [0, 0.1) is 0 Å². The number of likely N-dealkylation sites (N-methyl/N-ethyl adjacent to an activating group) is 1. The fourth-order valence-electron chi connectivity index (χ4n) is 2.32. The van der Waals surface area contributed by atoms with Crippen molar-refractivity contribution in [2.75, 3.05) is 33.9 Å². The van der Waals surface area contributed by atoms with E-state index in [9.17, 15) is 4.79 Å². The number of nitrogens with one attached hydrogen (secondary N) is 1. The van der Waals surface area contributed by atoms with Crippen molar-refractivity contribution < 1.29 is 14.3 Å². The molecule has 0 fully saturated rings. The second kappa shape index (κ2) is 9.57. The lowest BCUT2D eigenvalue weighted by Gasteiger charge is -2.17. The third-order valence-electron chi connectivity index (χ3n) is 3.44. The van der Waals surface area contributed by atoms with Crippen LogP contribution in [0.5, 0.6) is 11.5 Å². The average Bonchev–Trinajstić information content (AvgIpc) is 2.59. The summed E-state index contributed by atoms with van der Waals surface area (Å²) in [7, 11) is 3.56. The molecule has 0 saturated heterocycles. The molecule has 24 heavy (non-hydrogen) atoms. The summed E-state index contributed by atoms with van der Waals surface area (Å²) in [5.41, 5.74) is 1.11. The van der Waals surface area contributed by atoms with E-state index in [1.165, 1.54) is 0 Å². The molecule has 0 bridgehead atoms. The minimum Gasteiger partial charge on any atom is -0.497 e. The Bertz CT molecular complexity index is 632. The molecule has 0 aliphatic rings. The van der Waals surface area contributed by atoms with Crippen LogP contribution in [-0.2, 0) is 11.3 Å². The molecule has 0 radical (unpaired) electrons. The van der Waals surface area contributed by atoms with Gasteiger partial charge in [-0.1, -0.05) is 30.3 Å². The summed E-state index contributed by atoms with van der Waals surface area (Å²) in [6, 6.07) is 17.4. The van der Waals surface area contributed by atoms with E-state index in [0.717, 1.165) is 17.1 Å². The molecule has 5 heteroatoms. The van der Waals surface area contributed by atoms with Gasteiger partial charge in [-0.3, -0.25) is 9.69 Å². The Balaban J connectivity index is 1.66. The van der Waals surface area contributed by atoms with Gasteiger partial charge in [0.15, 0.2) is 0 Å². The largest absolute Gasteiger partial charge is 0.497 e. The maximum absolute atomic E-state index is 11.9. The number of para-hydroxylation sites is 1. The van der Waals surface area contributed by atoms with Crippen molar-refractivity contribution >= 4 is 5.91 Å². The molecule has 5 nitrogen and oxygen atoms in total. The lowest BCUT2D eigenvalue weighted by atomic mass is 10.2. The highest BCUT2D eigenvalue weighted by Gasteiger charge is 2.07. The summed E-state index contributed by atoms with van der Waals surface area (Å²) in [5, 5.41) is 2.86. The van der Waals surface area contributed by atoms with Crippen LogP contribution in [0.15, 0.2) is 54.6 Å². The van der Waals surface area contributed by atoms with Crippen LogP contribution in [0.2, 0.25) is 0 Å². The van der Waals surface area contributed by atoms with Gasteiger partial charge in [-0.15, -0.1) is 0 Å². The number of ether oxygens (including phenoxy) is 2. The van der Waals surface area contributed by atoms with E-state index in [0.29, 0.717) is 26.2 Å². The number of benzene rings is 2. The highest BCUT2D eigenvalue weighted by atomic mass is 16.5. The van der Waals surface area contributed by atoms with Crippen LogP contribution in [0.1, 0.15) is 5.56 Å². The molecule has 0 spiro atoms. The third-order valence-corrected chi connectivity index (χ3v) is 3.44. The number of hydrogen-bond acceptors (Lipinski definition) is 4. The van der Waals surface area contributed by atoms with Crippen molar-refractivity contribution in [2.24, 2.45) is 0 Å². The number of nitrogens with zero attached hydrogens (tertiary/aromatic N) is 1. The number of carbonyl (C=O) groups is 1. The molecule has 2 aromatic rings. The van der Waals surface area contributed by atoms with E-state index in [-0.39, 0.29) is 5.91 Å². The predicted molar refractivity (Wildman–Crippen MR) is 94.3 cm³/mol. The molecule has 0 aliphatic carbocycles. The molecule has 0 aliphatic heterocycles. The predicted octanol–water partition coefficient (Wildman–Crippen LogP) is 2.32. The fraction of sp³-hybridized carbons (Fsp3) is 0.316. The van der Waals surface area contributed by atoms with E-state index >= 15 is 0 Å². The van der Waals surface area contributed by atoms with E-state index < -0.39 is 0 Å². The molecule has 2 aromatic carbocycles. The summed E-state index contributed by atoms with van der Waals surface area (Å²) in [6.07, 6.45) is 0. The van der Waals surface area contributed by atoms with Gasteiger partial charge in [-0.2, -0.15) is 0 Å². The van der Waals surface area contributed by atoms with Crippen LogP contribution in [0.25, 0.3) is 0 Å². The van der Waals surface area contributed by atoms with Crippen molar-refractivity contribution in [3.8, 4) is 11.5 Å². The van der Waals surface area contributed by atoms with E-state index in [1.54, 1.807) is 7.11 Å². The first-order valence-corrected chi connectivity index (χ1v) is 7.93. The second-order valence-corrected chi connectivity index (χ2v) is 5.54. The molecule has 0 aromatic heterocycles. The average molecular weight is 328 g/mol. The number of amides is 1. The normalized spacial score (nSPS) is 10.5. The summed E-state index contributed by atoms with van der Waals surface area (Å²) in [6.45, 7) is 1.96. The van der Waals surface area contributed by atoms with E-state index in [1.807, 2.05) is 66.5 Å². The van der Waals surface area contributed by atoms with Crippen LogP contribution in [0.4, 0.5) is 0 Å². The highest BCUT2D eigenvalue weighted by molar-refractivity contribution is 5.77. The Morgan fingerprint density at radius 2 is 1.83 bits per heavy atom.